The first-order chi connectivity index (χ1) is 13.1. The van der Waals surface area contributed by atoms with Crippen molar-refractivity contribution in [2.45, 2.75) is 19.4 Å². The molecular formula is C20H17FN4O2. The predicted octanol–water partition coefficient (Wildman–Crippen LogP) is 3.21. The van der Waals surface area contributed by atoms with Crippen LogP contribution in [0.1, 0.15) is 12.8 Å². The molecule has 1 aromatic carbocycles. The van der Waals surface area contributed by atoms with E-state index in [-0.39, 0.29) is 17.9 Å². The first-order valence-corrected chi connectivity index (χ1v) is 8.63. The average molecular weight is 364 g/mol. The highest BCUT2D eigenvalue weighted by molar-refractivity contribution is 5.90. The van der Waals surface area contributed by atoms with Crippen LogP contribution < -0.4 is 10.9 Å². The molecular weight excluding hydrogens is 347 g/mol. The van der Waals surface area contributed by atoms with Crippen molar-refractivity contribution in [1.29, 1.82) is 0 Å². The summed E-state index contributed by atoms with van der Waals surface area (Å²) in [5, 5.41) is 2.66. The van der Waals surface area contributed by atoms with E-state index in [0.717, 1.165) is 5.52 Å². The highest BCUT2D eigenvalue weighted by Gasteiger charge is 2.11. The Labute approximate surface area is 153 Å². The van der Waals surface area contributed by atoms with Crippen molar-refractivity contribution >= 4 is 28.3 Å². The number of carbonyl (C=O) groups is 1. The minimum absolute atomic E-state index is 0.142. The highest BCUT2D eigenvalue weighted by atomic mass is 19.1. The van der Waals surface area contributed by atoms with Crippen molar-refractivity contribution < 1.29 is 9.18 Å². The minimum atomic E-state index is -0.405. The van der Waals surface area contributed by atoms with Crippen LogP contribution >= 0.6 is 0 Å². The number of aromatic nitrogens is 3. The normalized spacial score (nSPS) is 11.1. The van der Waals surface area contributed by atoms with Gasteiger partial charge in [0, 0.05) is 31.0 Å². The van der Waals surface area contributed by atoms with Gasteiger partial charge in [0.25, 0.3) is 5.56 Å². The SMILES string of the molecule is O=C(CCCn1c(=O)c2cccn2c2cccnc21)Nc1cccc(F)c1. The number of pyridine rings is 1. The molecule has 7 heteroatoms. The highest BCUT2D eigenvalue weighted by Crippen LogP contribution is 2.14. The van der Waals surface area contributed by atoms with Crippen molar-refractivity contribution in [2.24, 2.45) is 0 Å². The Morgan fingerprint density at radius 3 is 2.81 bits per heavy atom. The smallest absolute Gasteiger partial charge is 0.276 e. The largest absolute Gasteiger partial charge is 0.326 e. The van der Waals surface area contributed by atoms with E-state index in [1.54, 1.807) is 22.9 Å². The zero-order chi connectivity index (χ0) is 18.8. The standard InChI is InChI=1S/C20H17FN4O2/c21-14-5-1-6-15(13-14)23-18(26)9-4-12-25-19-16(7-2-10-22-19)24-11-3-8-17(24)20(25)27/h1-3,5-8,10-11,13H,4,9,12H2,(H,23,26). The molecule has 1 N–H and O–H groups in total. The predicted molar refractivity (Wildman–Crippen MR) is 101 cm³/mol. The van der Waals surface area contributed by atoms with Crippen LogP contribution in [0.5, 0.6) is 0 Å². The number of fused-ring (bicyclic) bond motifs is 3. The van der Waals surface area contributed by atoms with Gasteiger partial charge < -0.3 is 9.72 Å². The van der Waals surface area contributed by atoms with Crippen LogP contribution in [0.25, 0.3) is 16.7 Å². The lowest BCUT2D eigenvalue weighted by atomic mass is 10.2. The van der Waals surface area contributed by atoms with E-state index >= 15 is 0 Å². The van der Waals surface area contributed by atoms with Gasteiger partial charge in [0.15, 0.2) is 5.65 Å². The number of aryl methyl sites for hydroxylation is 1. The minimum Gasteiger partial charge on any atom is -0.326 e. The van der Waals surface area contributed by atoms with E-state index in [0.29, 0.717) is 29.8 Å². The van der Waals surface area contributed by atoms with Gasteiger partial charge in [-0.3, -0.25) is 14.2 Å². The molecule has 0 aliphatic rings. The lowest BCUT2D eigenvalue weighted by molar-refractivity contribution is -0.116. The number of nitrogens with one attached hydrogen (secondary N) is 1. The lowest BCUT2D eigenvalue weighted by Crippen LogP contribution is -2.24. The third-order valence-corrected chi connectivity index (χ3v) is 4.39. The van der Waals surface area contributed by atoms with Crippen LogP contribution in [0.15, 0.2) is 65.7 Å². The molecule has 0 radical (unpaired) electrons. The Hall–Kier alpha value is -3.48. The molecule has 6 nitrogen and oxygen atoms in total. The van der Waals surface area contributed by atoms with Gasteiger partial charge in [-0.1, -0.05) is 6.07 Å². The van der Waals surface area contributed by atoms with Crippen molar-refractivity contribution in [1.82, 2.24) is 14.0 Å². The van der Waals surface area contributed by atoms with E-state index in [1.807, 2.05) is 28.8 Å². The van der Waals surface area contributed by atoms with Crippen molar-refractivity contribution in [2.75, 3.05) is 5.32 Å². The monoisotopic (exact) mass is 364 g/mol. The fourth-order valence-corrected chi connectivity index (χ4v) is 3.18. The summed E-state index contributed by atoms with van der Waals surface area (Å²) in [6.07, 6.45) is 4.15. The first kappa shape index (κ1) is 17.0. The van der Waals surface area contributed by atoms with Gasteiger partial charge in [-0.25, -0.2) is 9.37 Å². The lowest BCUT2D eigenvalue weighted by Gasteiger charge is -2.11. The summed E-state index contributed by atoms with van der Waals surface area (Å²) in [6.45, 7) is 0.366. The number of hydrogen-bond donors (Lipinski definition) is 1. The number of hydrogen-bond acceptors (Lipinski definition) is 3. The Balaban J connectivity index is 1.52. The number of rotatable bonds is 5. The number of nitrogens with zero attached hydrogens (tertiary/aromatic N) is 3. The maximum absolute atomic E-state index is 13.2. The topological polar surface area (TPSA) is 68.4 Å². The first-order valence-electron chi connectivity index (χ1n) is 8.63. The Morgan fingerprint density at radius 2 is 1.96 bits per heavy atom. The second-order valence-corrected chi connectivity index (χ2v) is 6.23. The van der Waals surface area contributed by atoms with E-state index < -0.39 is 5.82 Å². The molecule has 0 aliphatic heterocycles. The molecule has 4 rings (SSSR count). The fourth-order valence-electron chi connectivity index (χ4n) is 3.18. The Bertz CT molecular complexity index is 1200. The average Bonchev–Trinajstić information content (AvgIpc) is 3.15. The van der Waals surface area contributed by atoms with Crippen LogP contribution in [0.2, 0.25) is 0 Å². The summed E-state index contributed by atoms with van der Waals surface area (Å²) < 4.78 is 16.6. The second-order valence-electron chi connectivity index (χ2n) is 6.23. The quantitative estimate of drug-likeness (QED) is 0.591. The molecule has 3 heterocycles. The van der Waals surface area contributed by atoms with Gasteiger partial charge in [-0.2, -0.15) is 0 Å². The van der Waals surface area contributed by atoms with Crippen LogP contribution in [0.4, 0.5) is 10.1 Å². The summed E-state index contributed by atoms with van der Waals surface area (Å²) in [5.74, 6) is -0.632. The molecule has 0 unspecified atom stereocenters. The van der Waals surface area contributed by atoms with Gasteiger partial charge in [-0.15, -0.1) is 0 Å². The summed E-state index contributed by atoms with van der Waals surface area (Å²) in [4.78, 5) is 29.2. The molecule has 0 saturated carbocycles. The molecule has 1 amide bonds. The Kier molecular flexibility index (Phi) is 4.42. The summed E-state index contributed by atoms with van der Waals surface area (Å²) in [6, 6.07) is 13.1. The number of carbonyl (C=O) groups excluding carboxylic acids is 1. The van der Waals surface area contributed by atoms with Crippen molar-refractivity contribution in [3.05, 3.63) is 77.1 Å². The molecule has 4 aromatic rings. The maximum atomic E-state index is 13.2. The molecule has 136 valence electrons. The molecule has 0 aliphatic carbocycles. The van der Waals surface area contributed by atoms with Crippen LogP contribution in [-0.4, -0.2) is 19.9 Å². The van der Waals surface area contributed by atoms with E-state index in [1.165, 1.54) is 18.2 Å². The maximum Gasteiger partial charge on any atom is 0.276 e. The molecule has 27 heavy (non-hydrogen) atoms. The summed E-state index contributed by atoms with van der Waals surface area (Å²) in [7, 11) is 0. The molecule has 0 saturated heterocycles. The molecule has 0 fully saturated rings. The number of halogens is 1. The molecule has 0 spiro atoms. The molecule has 3 aromatic heterocycles. The summed E-state index contributed by atoms with van der Waals surface area (Å²) in [5.41, 5.74) is 2.26. The van der Waals surface area contributed by atoms with E-state index in [2.05, 4.69) is 10.3 Å². The van der Waals surface area contributed by atoms with Crippen LogP contribution in [0.3, 0.4) is 0 Å². The zero-order valence-electron chi connectivity index (χ0n) is 14.4. The van der Waals surface area contributed by atoms with Crippen molar-refractivity contribution in [3.8, 4) is 0 Å². The second kappa shape index (κ2) is 7.03. The van der Waals surface area contributed by atoms with Gasteiger partial charge in [0.2, 0.25) is 5.91 Å². The number of benzene rings is 1. The molecule has 0 bridgehead atoms. The van der Waals surface area contributed by atoms with E-state index in [9.17, 15) is 14.0 Å². The molecule has 0 atom stereocenters. The van der Waals surface area contributed by atoms with Crippen molar-refractivity contribution in [3.63, 3.8) is 0 Å². The Morgan fingerprint density at radius 1 is 1.11 bits per heavy atom. The third kappa shape index (κ3) is 3.31. The zero-order valence-corrected chi connectivity index (χ0v) is 14.4. The number of amides is 1. The third-order valence-electron chi connectivity index (χ3n) is 4.39. The summed E-state index contributed by atoms with van der Waals surface area (Å²) >= 11 is 0. The van der Waals surface area contributed by atoms with Gasteiger partial charge in [0.05, 0.1) is 5.52 Å². The van der Waals surface area contributed by atoms with Gasteiger partial charge >= 0.3 is 0 Å². The van der Waals surface area contributed by atoms with E-state index in [4.69, 9.17) is 0 Å². The number of anilines is 1. The van der Waals surface area contributed by atoms with Gasteiger partial charge in [0.1, 0.15) is 11.3 Å². The van der Waals surface area contributed by atoms with Crippen LogP contribution in [-0.2, 0) is 11.3 Å². The van der Waals surface area contributed by atoms with Gasteiger partial charge in [-0.05, 0) is 48.9 Å². The fraction of sp³-hybridized carbons (Fsp3) is 0.150. The van der Waals surface area contributed by atoms with Crippen LogP contribution in [0, 0.1) is 5.82 Å².